The Morgan fingerprint density at radius 2 is 2.22 bits per heavy atom. The van der Waals surface area contributed by atoms with E-state index >= 15 is 0 Å². The molecule has 0 aliphatic carbocycles. The predicted octanol–water partition coefficient (Wildman–Crippen LogP) is 2.08. The SMILES string of the molecule is Cc1cccc2c1nc(N)n2CCC(C)S(C)=O. The van der Waals surface area contributed by atoms with Crippen LogP contribution in [0.25, 0.3) is 11.0 Å². The molecule has 0 aliphatic rings. The van der Waals surface area contributed by atoms with Crippen molar-refractivity contribution in [1.29, 1.82) is 0 Å². The summed E-state index contributed by atoms with van der Waals surface area (Å²) >= 11 is 0. The molecule has 2 unspecified atom stereocenters. The van der Waals surface area contributed by atoms with Crippen molar-refractivity contribution in [3.63, 3.8) is 0 Å². The lowest BCUT2D eigenvalue weighted by Gasteiger charge is -2.10. The van der Waals surface area contributed by atoms with Gasteiger partial charge >= 0.3 is 0 Å². The van der Waals surface area contributed by atoms with E-state index in [2.05, 4.69) is 4.98 Å². The number of fused-ring (bicyclic) bond motifs is 1. The molecule has 2 rings (SSSR count). The van der Waals surface area contributed by atoms with Gasteiger partial charge in [-0.15, -0.1) is 0 Å². The van der Waals surface area contributed by atoms with Gasteiger partial charge in [0.15, 0.2) is 0 Å². The Bertz CT molecular complexity index is 591. The summed E-state index contributed by atoms with van der Waals surface area (Å²) in [5, 5.41) is 0.173. The first-order valence-corrected chi connectivity index (χ1v) is 7.66. The van der Waals surface area contributed by atoms with Gasteiger partial charge in [0, 0.05) is 28.9 Å². The first kappa shape index (κ1) is 13.1. The maximum Gasteiger partial charge on any atom is 0.201 e. The summed E-state index contributed by atoms with van der Waals surface area (Å²) in [7, 11) is -0.791. The quantitative estimate of drug-likeness (QED) is 0.920. The Hall–Kier alpha value is -1.36. The summed E-state index contributed by atoms with van der Waals surface area (Å²) in [5.74, 6) is 0.536. The second-order valence-electron chi connectivity index (χ2n) is 4.66. The van der Waals surface area contributed by atoms with Crippen LogP contribution < -0.4 is 5.73 Å². The molecule has 0 saturated carbocycles. The molecule has 98 valence electrons. The molecule has 2 atom stereocenters. The zero-order valence-corrected chi connectivity index (χ0v) is 11.8. The summed E-state index contributed by atoms with van der Waals surface area (Å²) < 4.78 is 13.4. The van der Waals surface area contributed by atoms with E-state index in [1.807, 2.05) is 36.6 Å². The number of benzene rings is 1. The van der Waals surface area contributed by atoms with Gasteiger partial charge in [-0.25, -0.2) is 4.98 Å². The van der Waals surface area contributed by atoms with Gasteiger partial charge in [0.1, 0.15) is 0 Å². The van der Waals surface area contributed by atoms with Gasteiger partial charge in [0.25, 0.3) is 0 Å². The first-order valence-electron chi connectivity index (χ1n) is 6.04. The molecule has 18 heavy (non-hydrogen) atoms. The Morgan fingerprint density at radius 3 is 2.89 bits per heavy atom. The molecular weight excluding hydrogens is 246 g/mol. The molecule has 0 saturated heterocycles. The van der Waals surface area contributed by atoms with Gasteiger partial charge in [0.2, 0.25) is 5.95 Å². The van der Waals surface area contributed by atoms with Crippen LogP contribution >= 0.6 is 0 Å². The van der Waals surface area contributed by atoms with E-state index in [0.29, 0.717) is 5.95 Å². The number of nitrogen functional groups attached to an aromatic ring is 1. The summed E-state index contributed by atoms with van der Waals surface area (Å²) in [6.07, 6.45) is 2.58. The highest BCUT2D eigenvalue weighted by molar-refractivity contribution is 7.84. The minimum Gasteiger partial charge on any atom is -0.369 e. The van der Waals surface area contributed by atoms with Crippen LogP contribution in [0.1, 0.15) is 18.9 Å². The molecule has 0 bridgehead atoms. The molecule has 1 aromatic carbocycles. The van der Waals surface area contributed by atoms with Gasteiger partial charge in [-0.1, -0.05) is 19.1 Å². The van der Waals surface area contributed by atoms with Crippen LogP contribution in [0.2, 0.25) is 0 Å². The highest BCUT2D eigenvalue weighted by Crippen LogP contribution is 2.21. The average Bonchev–Trinajstić information content (AvgIpc) is 2.64. The number of imidazole rings is 1. The third-order valence-corrected chi connectivity index (χ3v) is 4.70. The number of hydrogen-bond acceptors (Lipinski definition) is 3. The van der Waals surface area contributed by atoms with Crippen LogP contribution in [0, 0.1) is 6.92 Å². The zero-order chi connectivity index (χ0) is 13.3. The van der Waals surface area contributed by atoms with Gasteiger partial charge < -0.3 is 10.3 Å². The molecule has 0 fully saturated rings. The number of nitrogens with zero attached hydrogens (tertiary/aromatic N) is 2. The van der Waals surface area contributed by atoms with E-state index in [0.717, 1.165) is 29.6 Å². The van der Waals surface area contributed by atoms with Crippen molar-refractivity contribution in [2.24, 2.45) is 0 Å². The van der Waals surface area contributed by atoms with Crippen molar-refractivity contribution in [1.82, 2.24) is 9.55 Å². The molecule has 2 N–H and O–H groups in total. The van der Waals surface area contributed by atoms with Crippen LogP contribution in [-0.2, 0) is 17.3 Å². The fourth-order valence-corrected chi connectivity index (χ4v) is 2.45. The minimum atomic E-state index is -0.791. The minimum absolute atomic E-state index is 0.173. The van der Waals surface area contributed by atoms with E-state index in [4.69, 9.17) is 5.73 Å². The number of anilines is 1. The number of para-hydroxylation sites is 1. The lowest BCUT2D eigenvalue weighted by atomic mass is 10.2. The zero-order valence-electron chi connectivity index (χ0n) is 11.0. The van der Waals surface area contributed by atoms with Crippen molar-refractivity contribution < 1.29 is 4.21 Å². The molecule has 0 spiro atoms. The van der Waals surface area contributed by atoms with Crippen LogP contribution in [-0.4, -0.2) is 25.3 Å². The second-order valence-corrected chi connectivity index (χ2v) is 6.46. The number of hydrogen-bond donors (Lipinski definition) is 1. The first-order chi connectivity index (χ1) is 8.50. The summed E-state index contributed by atoms with van der Waals surface area (Å²) in [5.41, 5.74) is 9.11. The second kappa shape index (κ2) is 5.10. The molecule has 0 amide bonds. The van der Waals surface area contributed by atoms with E-state index in [1.165, 1.54) is 0 Å². The van der Waals surface area contributed by atoms with E-state index < -0.39 is 10.8 Å². The monoisotopic (exact) mass is 265 g/mol. The fourth-order valence-electron chi connectivity index (χ4n) is 2.02. The molecule has 4 nitrogen and oxygen atoms in total. The molecule has 0 radical (unpaired) electrons. The van der Waals surface area contributed by atoms with Crippen LogP contribution in [0.15, 0.2) is 18.2 Å². The standard InChI is InChI=1S/C13H19N3OS/c1-9-5-4-6-11-12(9)15-13(14)16(11)8-7-10(2)18(3)17/h4-6,10H,7-8H2,1-3H3,(H2,14,15). The van der Waals surface area contributed by atoms with Gasteiger partial charge in [-0.05, 0) is 25.0 Å². The molecule has 1 heterocycles. The lowest BCUT2D eigenvalue weighted by Crippen LogP contribution is -2.13. The van der Waals surface area contributed by atoms with Crippen LogP contribution in [0.4, 0.5) is 5.95 Å². The summed E-state index contributed by atoms with van der Waals surface area (Å²) in [6.45, 7) is 4.78. The van der Waals surface area contributed by atoms with Crippen LogP contribution in [0.3, 0.4) is 0 Å². The molecule has 1 aromatic heterocycles. The number of aromatic nitrogens is 2. The maximum atomic E-state index is 11.4. The molecule has 0 aliphatic heterocycles. The van der Waals surface area contributed by atoms with Crippen molar-refractivity contribution in [3.8, 4) is 0 Å². The lowest BCUT2D eigenvalue weighted by molar-refractivity contribution is 0.633. The largest absolute Gasteiger partial charge is 0.369 e. The third kappa shape index (κ3) is 2.41. The van der Waals surface area contributed by atoms with Gasteiger partial charge in [-0.2, -0.15) is 0 Å². The number of aryl methyl sites for hydroxylation is 2. The fraction of sp³-hybridized carbons (Fsp3) is 0.462. The van der Waals surface area contributed by atoms with E-state index in [1.54, 1.807) is 6.26 Å². The van der Waals surface area contributed by atoms with Crippen molar-refractivity contribution >= 4 is 27.8 Å². The average molecular weight is 265 g/mol. The summed E-state index contributed by atoms with van der Waals surface area (Å²) in [6, 6.07) is 6.07. The van der Waals surface area contributed by atoms with Crippen molar-refractivity contribution in [2.45, 2.75) is 32.1 Å². The molecule has 5 heteroatoms. The Balaban J connectivity index is 2.31. The van der Waals surface area contributed by atoms with Crippen molar-refractivity contribution in [2.75, 3.05) is 12.0 Å². The highest BCUT2D eigenvalue weighted by Gasteiger charge is 2.12. The Labute approximate surface area is 110 Å². The van der Waals surface area contributed by atoms with Crippen molar-refractivity contribution in [3.05, 3.63) is 23.8 Å². The van der Waals surface area contributed by atoms with Gasteiger partial charge in [-0.3, -0.25) is 4.21 Å². The molecular formula is C13H19N3OS. The summed E-state index contributed by atoms with van der Waals surface area (Å²) in [4.78, 5) is 4.40. The van der Waals surface area contributed by atoms with E-state index in [-0.39, 0.29) is 5.25 Å². The van der Waals surface area contributed by atoms with E-state index in [9.17, 15) is 4.21 Å². The third-order valence-electron chi connectivity index (χ3n) is 3.34. The highest BCUT2D eigenvalue weighted by atomic mass is 32.2. The smallest absolute Gasteiger partial charge is 0.201 e. The normalized spacial score (nSPS) is 14.8. The number of rotatable bonds is 4. The molecule has 2 aromatic rings. The van der Waals surface area contributed by atoms with Gasteiger partial charge in [0.05, 0.1) is 11.0 Å². The Kier molecular flexibility index (Phi) is 3.71. The van der Waals surface area contributed by atoms with Crippen LogP contribution in [0.5, 0.6) is 0 Å². The maximum absolute atomic E-state index is 11.4. The Morgan fingerprint density at radius 1 is 1.50 bits per heavy atom. The predicted molar refractivity (Wildman–Crippen MR) is 77.0 cm³/mol. The topological polar surface area (TPSA) is 60.9 Å². The number of nitrogens with two attached hydrogens (primary N) is 1.